The lowest BCUT2D eigenvalue weighted by atomic mass is 9.59. The fourth-order valence-electron chi connectivity index (χ4n) is 6.55. The number of aliphatic hydroxyl groups is 1. The second-order valence-electron chi connectivity index (χ2n) is 10.2. The van der Waals surface area contributed by atoms with E-state index >= 15 is 0 Å². The molecule has 3 aliphatic carbocycles. The van der Waals surface area contributed by atoms with Crippen molar-refractivity contribution in [2.75, 3.05) is 18.1 Å². The molecule has 1 fully saturated rings. The van der Waals surface area contributed by atoms with Crippen LogP contribution in [0.3, 0.4) is 0 Å². The van der Waals surface area contributed by atoms with Gasteiger partial charge in [-0.15, -0.1) is 0 Å². The zero-order valence-electron chi connectivity index (χ0n) is 20.9. The number of rotatable bonds is 5. The van der Waals surface area contributed by atoms with Crippen molar-refractivity contribution in [3.8, 4) is 5.75 Å². The molecule has 7 heteroatoms. The number of Topliss-reactive ketones (excluding diaryl/α,β-unsaturated/α-hetero) is 1. The van der Waals surface area contributed by atoms with Gasteiger partial charge in [-0.3, -0.25) is 24.1 Å². The Hall–Kier alpha value is -4.10. The highest BCUT2D eigenvalue weighted by molar-refractivity contribution is 6.25. The summed E-state index contributed by atoms with van der Waals surface area (Å²) in [5.74, 6) is -2.55. The van der Waals surface area contributed by atoms with E-state index < -0.39 is 23.7 Å². The Kier molecular flexibility index (Phi) is 5.95. The normalized spacial score (nSPS) is 26.5. The number of fused-ring (bicyclic) bond motifs is 3. The first-order valence-corrected chi connectivity index (χ1v) is 12.9. The van der Waals surface area contributed by atoms with E-state index in [4.69, 9.17) is 4.74 Å². The minimum Gasteiger partial charge on any atom is -0.491 e. The van der Waals surface area contributed by atoms with Gasteiger partial charge in [0.2, 0.25) is 11.8 Å². The number of hydrogen-bond donors (Lipinski definition) is 1. The summed E-state index contributed by atoms with van der Waals surface area (Å²) in [7, 11) is 0. The monoisotopic (exact) mass is 509 g/mol. The number of carbonyl (C=O) groups is 4. The Bertz CT molecular complexity index is 1470. The van der Waals surface area contributed by atoms with Crippen LogP contribution in [0, 0.1) is 17.8 Å². The fraction of sp³-hybridized carbons (Fsp3) is 0.290. The van der Waals surface area contributed by atoms with Crippen LogP contribution in [-0.4, -0.2) is 41.7 Å². The van der Waals surface area contributed by atoms with E-state index in [0.717, 1.165) is 5.57 Å². The van der Waals surface area contributed by atoms with Gasteiger partial charge in [-0.05, 0) is 50.0 Å². The van der Waals surface area contributed by atoms with Gasteiger partial charge in [-0.1, -0.05) is 48.0 Å². The average Bonchev–Trinajstić information content (AvgIpc) is 3.19. The van der Waals surface area contributed by atoms with Gasteiger partial charge in [0.1, 0.15) is 12.4 Å². The number of amides is 2. The molecule has 192 valence electrons. The zero-order chi connectivity index (χ0) is 26.6. The van der Waals surface area contributed by atoms with Crippen molar-refractivity contribution in [1.82, 2.24) is 0 Å². The van der Waals surface area contributed by atoms with Gasteiger partial charge in [-0.2, -0.15) is 0 Å². The maximum absolute atomic E-state index is 13.9. The number of ketones is 2. The minimum atomic E-state index is -0.625. The Morgan fingerprint density at radius 3 is 2.45 bits per heavy atom. The highest BCUT2D eigenvalue weighted by atomic mass is 16.5. The summed E-state index contributed by atoms with van der Waals surface area (Å²) < 4.78 is 5.85. The van der Waals surface area contributed by atoms with Crippen molar-refractivity contribution < 1.29 is 29.0 Å². The highest BCUT2D eigenvalue weighted by Gasteiger charge is 2.56. The van der Waals surface area contributed by atoms with Gasteiger partial charge in [0.15, 0.2) is 11.6 Å². The number of ether oxygens (including phenoxy) is 1. The van der Waals surface area contributed by atoms with Crippen molar-refractivity contribution >= 4 is 29.1 Å². The number of imide groups is 1. The number of carbonyl (C=O) groups excluding carboxylic acids is 4. The Morgan fingerprint density at radius 1 is 0.947 bits per heavy atom. The van der Waals surface area contributed by atoms with Gasteiger partial charge >= 0.3 is 0 Å². The largest absolute Gasteiger partial charge is 0.491 e. The van der Waals surface area contributed by atoms with E-state index in [1.807, 2.05) is 30.3 Å². The molecule has 2 amide bonds. The number of benzene rings is 2. The van der Waals surface area contributed by atoms with Crippen LogP contribution in [0.2, 0.25) is 0 Å². The SMILES string of the molecule is CC1=CC(=O)C2=C(C1=O)[C@@H](c1ccccc1OCCO)C1=CC[C@@H]3C(=O)N(c4ccccc4)C(=O)[C@@H]3[C@@H]1C2. The molecule has 2 aromatic carbocycles. The van der Waals surface area contributed by atoms with Gasteiger partial charge in [0.25, 0.3) is 0 Å². The molecule has 4 aliphatic rings. The molecule has 1 N–H and O–H groups in total. The van der Waals surface area contributed by atoms with E-state index in [2.05, 4.69) is 0 Å². The molecule has 4 atom stereocenters. The van der Waals surface area contributed by atoms with Crippen LogP contribution in [0.1, 0.15) is 31.2 Å². The minimum absolute atomic E-state index is 0.0770. The summed E-state index contributed by atoms with van der Waals surface area (Å²) in [4.78, 5) is 55.5. The number of aliphatic hydroxyl groups excluding tert-OH is 1. The molecule has 0 spiro atoms. The number of para-hydroxylation sites is 2. The zero-order valence-corrected chi connectivity index (χ0v) is 20.9. The van der Waals surface area contributed by atoms with Crippen LogP contribution in [0.15, 0.2) is 89.0 Å². The van der Waals surface area contributed by atoms with Crippen molar-refractivity contribution in [2.45, 2.75) is 25.7 Å². The molecule has 1 heterocycles. The van der Waals surface area contributed by atoms with Gasteiger partial charge < -0.3 is 9.84 Å². The smallest absolute Gasteiger partial charge is 0.238 e. The number of nitrogens with zero attached hydrogens (tertiary/aromatic N) is 1. The first-order valence-electron chi connectivity index (χ1n) is 12.9. The average molecular weight is 510 g/mol. The molecule has 7 nitrogen and oxygen atoms in total. The molecule has 0 bridgehead atoms. The molecule has 0 radical (unpaired) electrons. The molecule has 0 saturated carbocycles. The quantitative estimate of drug-likeness (QED) is 0.375. The van der Waals surface area contributed by atoms with E-state index in [0.29, 0.717) is 40.1 Å². The van der Waals surface area contributed by atoms with Gasteiger partial charge in [0, 0.05) is 28.2 Å². The van der Waals surface area contributed by atoms with E-state index in [1.54, 1.807) is 37.3 Å². The van der Waals surface area contributed by atoms with Crippen LogP contribution < -0.4 is 9.64 Å². The van der Waals surface area contributed by atoms with Crippen molar-refractivity contribution in [2.24, 2.45) is 17.8 Å². The predicted octanol–water partition coefficient (Wildman–Crippen LogP) is 3.69. The molecule has 1 saturated heterocycles. The molecule has 2 aromatic rings. The summed E-state index contributed by atoms with van der Waals surface area (Å²) in [6.45, 7) is 1.55. The Morgan fingerprint density at radius 2 is 1.68 bits per heavy atom. The molecular formula is C31H27NO6. The fourth-order valence-corrected chi connectivity index (χ4v) is 6.55. The number of anilines is 1. The summed E-state index contributed by atoms with van der Waals surface area (Å²) in [5.41, 5.74) is 3.32. The van der Waals surface area contributed by atoms with Crippen molar-refractivity contribution in [3.05, 3.63) is 94.6 Å². The lowest BCUT2D eigenvalue weighted by molar-refractivity contribution is -0.123. The first-order chi connectivity index (χ1) is 18.4. The van der Waals surface area contributed by atoms with Crippen LogP contribution in [-0.2, 0) is 19.2 Å². The number of hydrogen-bond acceptors (Lipinski definition) is 6. The maximum atomic E-state index is 13.9. The maximum Gasteiger partial charge on any atom is 0.238 e. The van der Waals surface area contributed by atoms with Crippen molar-refractivity contribution in [1.29, 1.82) is 0 Å². The van der Waals surface area contributed by atoms with Crippen LogP contribution >= 0.6 is 0 Å². The first kappa shape index (κ1) is 24.2. The Labute approximate surface area is 220 Å². The predicted molar refractivity (Wildman–Crippen MR) is 139 cm³/mol. The van der Waals surface area contributed by atoms with Gasteiger partial charge in [-0.25, -0.2) is 0 Å². The van der Waals surface area contributed by atoms with E-state index in [-0.39, 0.29) is 43.0 Å². The lowest BCUT2D eigenvalue weighted by Crippen LogP contribution is -2.40. The molecule has 1 aliphatic heterocycles. The van der Waals surface area contributed by atoms with Crippen LogP contribution in [0.5, 0.6) is 5.75 Å². The van der Waals surface area contributed by atoms with Crippen molar-refractivity contribution in [3.63, 3.8) is 0 Å². The topological polar surface area (TPSA) is 101 Å². The third kappa shape index (κ3) is 3.61. The van der Waals surface area contributed by atoms with E-state index in [9.17, 15) is 24.3 Å². The second kappa shape index (κ2) is 9.33. The molecule has 6 rings (SSSR count). The third-order valence-electron chi connectivity index (χ3n) is 8.16. The summed E-state index contributed by atoms with van der Waals surface area (Å²) in [5, 5.41) is 9.36. The summed E-state index contributed by atoms with van der Waals surface area (Å²) >= 11 is 0. The molecule has 0 unspecified atom stereocenters. The van der Waals surface area contributed by atoms with Gasteiger partial charge in [0.05, 0.1) is 24.1 Å². The van der Waals surface area contributed by atoms with Crippen LogP contribution in [0.25, 0.3) is 0 Å². The molecule has 0 aromatic heterocycles. The number of allylic oxidation sites excluding steroid dienone is 6. The Balaban J connectivity index is 1.50. The molecular weight excluding hydrogens is 482 g/mol. The summed E-state index contributed by atoms with van der Waals surface area (Å²) in [6, 6.07) is 16.2. The summed E-state index contributed by atoms with van der Waals surface area (Å²) in [6.07, 6.45) is 3.97. The van der Waals surface area contributed by atoms with E-state index in [1.165, 1.54) is 11.0 Å². The lowest BCUT2D eigenvalue weighted by Gasteiger charge is -2.42. The second-order valence-corrected chi connectivity index (χ2v) is 10.2. The third-order valence-corrected chi connectivity index (χ3v) is 8.16. The molecule has 38 heavy (non-hydrogen) atoms. The van der Waals surface area contributed by atoms with Crippen LogP contribution in [0.4, 0.5) is 5.69 Å². The highest BCUT2D eigenvalue weighted by Crippen LogP contribution is 2.56. The standard InChI is InChI=1S/C31H27NO6/c1-17-15-24(34)23-16-22-19(26(28(23)29(17)35)20-9-5-6-10-25(20)38-14-13-33)11-12-21-27(22)31(37)32(30(21)36)18-7-3-2-4-8-18/h2-11,15,21-22,26-27,33H,12-14,16H2,1H3/t21-,22+,26+,27-/m0/s1.